The fourth-order valence-electron chi connectivity index (χ4n) is 8.32. The highest BCUT2D eigenvalue weighted by Gasteiger charge is 2.21. The second-order valence-corrected chi connectivity index (χ2v) is 13.4. The number of nitrogens with zero attached hydrogens (tertiary/aromatic N) is 4. The molecule has 12 aromatic rings. The van der Waals surface area contributed by atoms with Gasteiger partial charge < -0.3 is 13.4 Å². The molecule has 0 spiro atoms. The first-order valence-corrected chi connectivity index (χ1v) is 17.4. The lowest BCUT2D eigenvalue weighted by atomic mass is 9.99. The van der Waals surface area contributed by atoms with Crippen molar-refractivity contribution in [2.45, 2.75) is 0 Å². The molecule has 52 heavy (non-hydrogen) atoms. The van der Waals surface area contributed by atoms with Gasteiger partial charge in [-0.3, -0.25) is 4.57 Å². The van der Waals surface area contributed by atoms with Gasteiger partial charge >= 0.3 is 0 Å². The van der Waals surface area contributed by atoms with Crippen molar-refractivity contribution in [3.63, 3.8) is 0 Å². The monoisotopic (exact) mass is 666 g/mol. The number of rotatable bonds is 3. The lowest BCUT2D eigenvalue weighted by Gasteiger charge is -2.15. The van der Waals surface area contributed by atoms with Crippen molar-refractivity contribution in [3.05, 3.63) is 158 Å². The van der Waals surface area contributed by atoms with E-state index in [2.05, 4.69) is 143 Å². The largest absolute Gasteiger partial charge is 0.456 e. The smallest absolute Gasteiger partial charge is 0.235 e. The standard InChI is InChI=1S/C46H26N4O2/c1-6-16-36-28(11-1)29-12-2-7-17-37(29)49(36)40-24-34-32-15-5-10-20-41(32)51-43(34)25-33(40)27-21-22-42-35(23-27)45-44(52-42)26-47-46(48-45)50-38-18-8-3-13-30(38)31-14-4-9-19-39(31)50/h1-26H. The van der Waals surface area contributed by atoms with E-state index in [1.54, 1.807) is 6.20 Å². The zero-order valence-corrected chi connectivity index (χ0v) is 27.6. The molecular formula is C46H26N4O2. The van der Waals surface area contributed by atoms with Crippen molar-refractivity contribution in [1.29, 1.82) is 0 Å². The van der Waals surface area contributed by atoms with E-state index in [0.29, 0.717) is 11.5 Å². The fourth-order valence-corrected chi connectivity index (χ4v) is 8.32. The summed E-state index contributed by atoms with van der Waals surface area (Å²) >= 11 is 0. The highest BCUT2D eigenvalue weighted by Crippen LogP contribution is 2.42. The van der Waals surface area contributed by atoms with E-state index in [9.17, 15) is 0 Å². The summed E-state index contributed by atoms with van der Waals surface area (Å²) in [4.78, 5) is 10.0. The zero-order valence-electron chi connectivity index (χ0n) is 27.6. The van der Waals surface area contributed by atoms with Crippen molar-refractivity contribution >= 4 is 87.6 Å². The molecule has 0 radical (unpaired) electrons. The maximum Gasteiger partial charge on any atom is 0.235 e. The Morgan fingerprint density at radius 3 is 1.60 bits per heavy atom. The van der Waals surface area contributed by atoms with Crippen LogP contribution in [0.15, 0.2) is 167 Å². The number of para-hydroxylation sites is 5. The molecule has 0 N–H and O–H groups in total. The molecule has 5 aromatic heterocycles. The van der Waals surface area contributed by atoms with Crippen molar-refractivity contribution in [3.8, 4) is 22.8 Å². The molecule has 12 rings (SSSR count). The Morgan fingerprint density at radius 1 is 0.404 bits per heavy atom. The quantitative estimate of drug-likeness (QED) is 0.188. The third-order valence-corrected chi connectivity index (χ3v) is 10.6. The van der Waals surface area contributed by atoms with Crippen molar-refractivity contribution in [2.75, 3.05) is 0 Å². The molecule has 6 nitrogen and oxygen atoms in total. The third kappa shape index (κ3) is 3.72. The highest BCUT2D eigenvalue weighted by molar-refractivity contribution is 6.13. The summed E-state index contributed by atoms with van der Waals surface area (Å²) in [5.74, 6) is 0.604. The SMILES string of the molecule is c1ccc2c(c1)oc1cc(-c3ccc4oc5cnc(-n6c7ccccc7c7ccccc76)nc5c4c3)c(-n3c4ccccc4c4ccccc43)cc12. The molecule has 242 valence electrons. The molecule has 0 atom stereocenters. The van der Waals surface area contributed by atoms with Crippen LogP contribution in [0, 0.1) is 0 Å². The number of benzene rings is 7. The van der Waals surface area contributed by atoms with Gasteiger partial charge in [0.1, 0.15) is 22.3 Å². The maximum absolute atomic E-state index is 6.48. The number of aromatic nitrogens is 4. The van der Waals surface area contributed by atoms with Crippen LogP contribution in [0.4, 0.5) is 0 Å². The second-order valence-electron chi connectivity index (χ2n) is 13.4. The topological polar surface area (TPSA) is 61.9 Å². The molecule has 7 aromatic carbocycles. The number of hydrogen-bond donors (Lipinski definition) is 0. The minimum absolute atomic E-state index is 0.604. The van der Waals surface area contributed by atoms with Gasteiger partial charge in [0.25, 0.3) is 0 Å². The minimum Gasteiger partial charge on any atom is -0.456 e. The fraction of sp³-hybridized carbons (Fsp3) is 0. The van der Waals surface area contributed by atoms with E-state index >= 15 is 0 Å². The molecule has 0 aliphatic rings. The normalized spacial score (nSPS) is 12.2. The molecule has 0 amide bonds. The summed E-state index contributed by atoms with van der Waals surface area (Å²) < 4.78 is 17.4. The predicted octanol–water partition coefficient (Wildman–Crippen LogP) is 12.1. The zero-order chi connectivity index (χ0) is 33.9. The van der Waals surface area contributed by atoms with Gasteiger partial charge in [-0.2, -0.15) is 0 Å². The van der Waals surface area contributed by atoms with Crippen LogP contribution in [0.25, 0.3) is 110 Å². The van der Waals surface area contributed by atoms with Crippen molar-refractivity contribution in [2.24, 2.45) is 0 Å². The van der Waals surface area contributed by atoms with Crippen molar-refractivity contribution in [1.82, 2.24) is 19.1 Å². The Kier molecular flexibility index (Phi) is 5.41. The van der Waals surface area contributed by atoms with Crippen LogP contribution in [0.5, 0.6) is 0 Å². The van der Waals surface area contributed by atoms with Crippen LogP contribution >= 0.6 is 0 Å². The highest BCUT2D eigenvalue weighted by atomic mass is 16.3. The first-order valence-electron chi connectivity index (χ1n) is 17.4. The summed E-state index contributed by atoms with van der Waals surface area (Å²) in [5, 5.41) is 7.86. The Balaban J connectivity index is 1.14. The van der Waals surface area contributed by atoms with Gasteiger partial charge in [0, 0.05) is 43.3 Å². The van der Waals surface area contributed by atoms with E-state index in [1.807, 2.05) is 18.2 Å². The molecular weight excluding hydrogens is 641 g/mol. The Labute approximate surface area is 295 Å². The second kappa shape index (κ2) is 10.2. The predicted molar refractivity (Wildman–Crippen MR) is 211 cm³/mol. The maximum atomic E-state index is 6.48. The van der Waals surface area contributed by atoms with Gasteiger partial charge in [-0.25, -0.2) is 9.97 Å². The van der Waals surface area contributed by atoms with Crippen molar-refractivity contribution < 1.29 is 8.83 Å². The Morgan fingerprint density at radius 2 is 0.942 bits per heavy atom. The van der Waals surface area contributed by atoms with Crippen LogP contribution in [0.2, 0.25) is 0 Å². The average Bonchev–Trinajstić information content (AvgIpc) is 3.94. The molecule has 0 aliphatic heterocycles. The van der Waals surface area contributed by atoms with E-state index < -0.39 is 0 Å². The molecule has 0 saturated heterocycles. The molecule has 0 aliphatic carbocycles. The first-order chi connectivity index (χ1) is 25.8. The number of furan rings is 2. The summed E-state index contributed by atoms with van der Waals surface area (Å²) in [6.07, 6.45) is 1.80. The molecule has 5 heterocycles. The lowest BCUT2D eigenvalue weighted by Crippen LogP contribution is -2.00. The molecule has 0 fully saturated rings. The first kappa shape index (κ1) is 27.6. The summed E-state index contributed by atoms with van der Waals surface area (Å²) in [6.45, 7) is 0. The third-order valence-electron chi connectivity index (χ3n) is 10.6. The molecule has 6 heteroatoms. The van der Waals surface area contributed by atoms with Crippen LogP contribution in [-0.2, 0) is 0 Å². The summed E-state index contributed by atoms with van der Waals surface area (Å²) in [5.41, 5.74) is 11.5. The van der Waals surface area contributed by atoms with Crippen LogP contribution in [0.1, 0.15) is 0 Å². The van der Waals surface area contributed by atoms with E-state index in [4.69, 9.17) is 18.8 Å². The van der Waals surface area contributed by atoms with Crippen LogP contribution < -0.4 is 0 Å². The van der Waals surface area contributed by atoms with Gasteiger partial charge in [0.2, 0.25) is 5.95 Å². The van der Waals surface area contributed by atoms with Gasteiger partial charge in [-0.05, 0) is 60.2 Å². The molecule has 0 bridgehead atoms. The lowest BCUT2D eigenvalue weighted by molar-refractivity contribution is 0.665. The van der Waals surface area contributed by atoms with Gasteiger partial charge in [-0.1, -0.05) is 97.1 Å². The molecule has 0 saturated carbocycles. The minimum atomic E-state index is 0.604. The van der Waals surface area contributed by atoms with Gasteiger partial charge in [0.05, 0.1) is 34.0 Å². The van der Waals surface area contributed by atoms with Gasteiger partial charge in [-0.15, -0.1) is 0 Å². The average molecular weight is 667 g/mol. The van der Waals surface area contributed by atoms with Crippen LogP contribution in [-0.4, -0.2) is 19.1 Å². The van der Waals surface area contributed by atoms with E-state index in [-0.39, 0.29) is 0 Å². The van der Waals surface area contributed by atoms with Gasteiger partial charge in [0.15, 0.2) is 5.58 Å². The Hall–Kier alpha value is -7.18. The number of fused-ring (bicyclic) bond motifs is 12. The summed E-state index contributed by atoms with van der Waals surface area (Å²) in [6, 6.07) is 53.2. The van der Waals surface area contributed by atoms with E-state index in [1.165, 1.54) is 21.5 Å². The van der Waals surface area contributed by atoms with Crippen LogP contribution in [0.3, 0.4) is 0 Å². The summed E-state index contributed by atoms with van der Waals surface area (Å²) in [7, 11) is 0. The number of hydrogen-bond acceptors (Lipinski definition) is 4. The van der Waals surface area contributed by atoms with E-state index in [0.717, 1.165) is 77.3 Å². The molecule has 0 unspecified atom stereocenters. The Bertz CT molecular complexity index is 3330.